The lowest BCUT2D eigenvalue weighted by Crippen LogP contribution is -2.22. The van der Waals surface area contributed by atoms with Gasteiger partial charge < -0.3 is 10.1 Å². The topological polar surface area (TPSA) is 34.2 Å². The fraction of sp³-hybridized carbons (Fsp3) is 0.438. The third-order valence-electron chi connectivity index (χ3n) is 3.02. The standard InChI is InChI=1S/C16H22N2OS/c1-4-8-18-16(15-7-6-12(3)20-15)13-9-14(19-5-2)11-17-10-13/h6-7,9-11,16,18H,4-5,8H2,1-3H3. The summed E-state index contributed by atoms with van der Waals surface area (Å²) in [6.07, 6.45) is 4.80. The number of ether oxygens (including phenoxy) is 1. The third-order valence-corrected chi connectivity index (χ3v) is 4.09. The third kappa shape index (κ3) is 3.81. The molecule has 1 atom stereocenters. The number of hydrogen-bond donors (Lipinski definition) is 1. The summed E-state index contributed by atoms with van der Waals surface area (Å²) in [5, 5.41) is 3.60. The van der Waals surface area contributed by atoms with Gasteiger partial charge in [-0.15, -0.1) is 11.3 Å². The van der Waals surface area contributed by atoms with Crippen molar-refractivity contribution < 1.29 is 4.74 Å². The van der Waals surface area contributed by atoms with Gasteiger partial charge in [-0.1, -0.05) is 6.92 Å². The Bertz CT molecular complexity index is 539. The van der Waals surface area contributed by atoms with Crippen molar-refractivity contribution in [3.8, 4) is 5.75 Å². The molecule has 0 aliphatic rings. The highest BCUT2D eigenvalue weighted by atomic mass is 32.1. The monoisotopic (exact) mass is 290 g/mol. The number of pyridine rings is 1. The summed E-state index contributed by atoms with van der Waals surface area (Å²) in [6, 6.07) is 6.64. The molecule has 0 aliphatic heterocycles. The fourth-order valence-corrected chi connectivity index (χ4v) is 3.10. The molecule has 3 nitrogen and oxygen atoms in total. The van der Waals surface area contributed by atoms with E-state index in [4.69, 9.17) is 4.74 Å². The van der Waals surface area contributed by atoms with E-state index in [0.717, 1.165) is 24.3 Å². The molecule has 1 N–H and O–H groups in total. The molecule has 2 heterocycles. The first-order valence-corrected chi connectivity index (χ1v) is 7.93. The van der Waals surface area contributed by atoms with Gasteiger partial charge in [-0.3, -0.25) is 4.98 Å². The molecule has 0 aromatic carbocycles. The van der Waals surface area contributed by atoms with Gasteiger partial charge in [0.05, 0.1) is 18.8 Å². The summed E-state index contributed by atoms with van der Waals surface area (Å²) in [4.78, 5) is 6.96. The van der Waals surface area contributed by atoms with Crippen LogP contribution in [0.3, 0.4) is 0 Å². The number of rotatable bonds is 7. The zero-order valence-electron chi connectivity index (χ0n) is 12.3. The van der Waals surface area contributed by atoms with Crippen LogP contribution < -0.4 is 10.1 Å². The molecule has 0 amide bonds. The Kier molecular flexibility index (Phi) is 5.56. The van der Waals surface area contributed by atoms with Crippen molar-refractivity contribution in [3.05, 3.63) is 45.9 Å². The van der Waals surface area contributed by atoms with Gasteiger partial charge in [0.25, 0.3) is 0 Å². The highest BCUT2D eigenvalue weighted by Gasteiger charge is 2.16. The molecule has 0 radical (unpaired) electrons. The Morgan fingerprint density at radius 1 is 1.30 bits per heavy atom. The Morgan fingerprint density at radius 2 is 2.15 bits per heavy atom. The molecule has 0 aliphatic carbocycles. The lowest BCUT2D eigenvalue weighted by Gasteiger charge is -2.18. The summed E-state index contributed by atoms with van der Waals surface area (Å²) in [6.45, 7) is 7.96. The largest absolute Gasteiger partial charge is 0.492 e. The number of nitrogens with one attached hydrogen (secondary N) is 1. The molecule has 1 unspecified atom stereocenters. The number of thiophene rings is 1. The minimum atomic E-state index is 0.196. The van der Waals surface area contributed by atoms with Crippen LogP contribution >= 0.6 is 11.3 Å². The van der Waals surface area contributed by atoms with Gasteiger partial charge in [-0.2, -0.15) is 0 Å². The van der Waals surface area contributed by atoms with Crippen molar-refractivity contribution >= 4 is 11.3 Å². The molecule has 0 fully saturated rings. The van der Waals surface area contributed by atoms with Crippen LogP contribution in [0.1, 0.15) is 41.6 Å². The summed E-state index contributed by atoms with van der Waals surface area (Å²) < 4.78 is 5.56. The smallest absolute Gasteiger partial charge is 0.137 e. The van der Waals surface area contributed by atoms with Gasteiger partial charge in [0.15, 0.2) is 0 Å². The zero-order valence-corrected chi connectivity index (χ0v) is 13.2. The van der Waals surface area contributed by atoms with Gasteiger partial charge in [-0.05, 0) is 50.6 Å². The molecule has 108 valence electrons. The summed E-state index contributed by atoms with van der Waals surface area (Å²) >= 11 is 1.83. The molecule has 2 aromatic heterocycles. The van der Waals surface area contributed by atoms with E-state index in [1.54, 1.807) is 6.20 Å². The van der Waals surface area contributed by atoms with Crippen molar-refractivity contribution in [1.29, 1.82) is 0 Å². The molecular formula is C16H22N2OS. The van der Waals surface area contributed by atoms with Gasteiger partial charge >= 0.3 is 0 Å². The van der Waals surface area contributed by atoms with E-state index in [-0.39, 0.29) is 6.04 Å². The fourth-order valence-electron chi connectivity index (χ4n) is 2.12. The van der Waals surface area contributed by atoms with Gasteiger partial charge in [0, 0.05) is 16.0 Å². The van der Waals surface area contributed by atoms with Crippen LogP contribution in [0.5, 0.6) is 5.75 Å². The Labute approximate surface area is 125 Å². The van der Waals surface area contributed by atoms with Crippen LogP contribution in [0.4, 0.5) is 0 Å². The Morgan fingerprint density at radius 3 is 2.80 bits per heavy atom. The van der Waals surface area contributed by atoms with Gasteiger partial charge in [0.2, 0.25) is 0 Å². The zero-order chi connectivity index (χ0) is 14.4. The number of aromatic nitrogens is 1. The maximum absolute atomic E-state index is 5.56. The number of hydrogen-bond acceptors (Lipinski definition) is 4. The molecule has 0 bridgehead atoms. The predicted molar refractivity (Wildman–Crippen MR) is 84.6 cm³/mol. The van der Waals surface area contributed by atoms with E-state index in [0.29, 0.717) is 6.61 Å². The summed E-state index contributed by atoms with van der Waals surface area (Å²) in [7, 11) is 0. The molecule has 0 saturated carbocycles. The van der Waals surface area contributed by atoms with E-state index in [1.807, 2.05) is 24.5 Å². The molecule has 0 spiro atoms. The lowest BCUT2D eigenvalue weighted by molar-refractivity contribution is 0.338. The van der Waals surface area contributed by atoms with Crippen molar-refractivity contribution in [3.63, 3.8) is 0 Å². The second kappa shape index (κ2) is 7.41. The average molecular weight is 290 g/mol. The highest BCUT2D eigenvalue weighted by molar-refractivity contribution is 7.12. The lowest BCUT2D eigenvalue weighted by atomic mass is 10.1. The highest BCUT2D eigenvalue weighted by Crippen LogP contribution is 2.29. The Balaban J connectivity index is 2.28. The van der Waals surface area contributed by atoms with E-state index in [9.17, 15) is 0 Å². The van der Waals surface area contributed by atoms with Crippen LogP contribution in [0.25, 0.3) is 0 Å². The average Bonchev–Trinajstić information content (AvgIpc) is 2.87. The second-order valence-electron chi connectivity index (χ2n) is 4.72. The van der Waals surface area contributed by atoms with Crippen LogP contribution in [0, 0.1) is 6.92 Å². The van der Waals surface area contributed by atoms with E-state index >= 15 is 0 Å². The van der Waals surface area contributed by atoms with Crippen LogP contribution in [0.15, 0.2) is 30.6 Å². The molecule has 2 aromatic rings. The molecule has 0 saturated heterocycles. The summed E-state index contributed by atoms with van der Waals surface area (Å²) in [5.41, 5.74) is 1.16. The van der Waals surface area contributed by atoms with Gasteiger partial charge in [-0.25, -0.2) is 0 Å². The van der Waals surface area contributed by atoms with E-state index < -0.39 is 0 Å². The van der Waals surface area contributed by atoms with Crippen molar-refractivity contribution in [2.75, 3.05) is 13.2 Å². The van der Waals surface area contributed by atoms with Crippen LogP contribution in [0.2, 0.25) is 0 Å². The van der Waals surface area contributed by atoms with E-state index in [2.05, 4.69) is 42.3 Å². The summed E-state index contributed by atoms with van der Waals surface area (Å²) in [5.74, 6) is 0.835. The van der Waals surface area contributed by atoms with Gasteiger partial charge in [0.1, 0.15) is 5.75 Å². The normalized spacial score (nSPS) is 12.3. The molecule has 20 heavy (non-hydrogen) atoms. The van der Waals surface area contributed by atoms with Crippen molar-refractivity contribution in [2.45, 2.75) is 33.2 Å². The first kappa shape index (κ1) is 15.0. The second-order valence-corrected chi connectivity index (χ2v) is 6.04. The molecular weight excluding hydrogens is 268 g/mol. The quantitative estimate of drug-likeness (QED) is 0.838. The molecule has 2 rings (SSSR count). The maximum Gasteiger partial charge on any atom is 0.137 e. The SMILES string of the molecule is CCCNC(c1cncc(OCC)c1)c1ccc(C)s1. The number of aryl methyl sites for hydroxylation is 1. The predicted octanol–water partition coefficient (Wildman–Crippen LogP) is 3.94. The molecule has 4 heteroatoms. The van der Waals surface area contributed by atoms with Crippen molar-refractivity contribution in [1.82, 2.24) is 10.3 Å². The van der Waals surface area contributed by atoms with Crippen LogP contribution in [-0.4, -0.2) is 18.1 Å². The minimum Gasteiger partial charge on any atom is -0.492 e. The maximum atomic E-state index is 5.56. The minimum absolute atomic E-state index is 0.196. The van der Waals surface area contributed by atoms with Crippen LogP contribution in [-0.2, 0) is 0 Å². The van der Waals surface area contributed by atoms with E-state index in [1.165, 1.54) is 9.75 Å². The first-order chi connectivity index (χ1) is 9.74. The Hall–Kier alpha value is -1.39. The van der Waals surface area contributed by atoms with Crippen molar-refractivity contribution in [2.24, 2.45) is 0 Å². The first-order valence-electron chi connectivity index (χ1n) is 7.12. The number of nitrogens with zero attached hydrogens (tertiary/aromatic N) is 1.